The van der Waals surface area contributed by atoms with Crippen molar-refractivity contribution in [1.82, 2.24) is 9.62 Å². The minimum Gasteiger partial charge on any atom is -0.379 e. The Morgan fingerprint density at radius 3 is 2.39 bits per heavy atom. The number of rotatable bonds is 6. The molecule has 1 aromatic carbocycles. The Morgan fingerprint density at radius 2 is 1.83 bits per heavy atom. The van der Waals surface area contributed by atoms with Crippen molar-refractivity contribution in [2.24, 2.45) is 0 Å². The van der Waals surface area contributed by atoms with E-state index in [0.717, 1.165) is 44.2 Å². The minimum absolute atomic E-state index is 0.103. The molecule has 1 N–H and O–H groups in total. The second-order valence-electron chi connectivity index (χ2n) is 7.15. The van der Waals surface area contributed by atoms with Crippen LogP contribution in [0, 0.1) is 0 Å². The van der Waals surface area contributed by atoms with Crippen LogP contribution in [0.2, 0.25) is 0 Å². The zero-order valence-electron chi connectivity index (χ0n) is 14.6. The molecule has 1 aliphatic heterocycles. The first-order chi connectivity index (χ1) is 10.8. The van der Waals surface area contributed by atoms with Crippen molar-refractivity contribution in [3.8, 4) is 0 Å². The molecule has 1 unspecified atom stereocenters. The first-order valence-electron chi connectivity index (χ1n) is 8.31. The van der Waals surface area contributed by atoms with Gasteiger partial charge in [0.05, 0.1) is 22.9 Å². The van der Waals surface area contributed by atoms with Gasteiger partial charge >= 0.3 is 0 Å². The molecule has 0 aliphatic carbocycles. The third-order valence-corrected chi connectivity index (χ3v) is 5.90. The topological polar surface area (TPSA) is 41.6 Å². The van der Waals surface area contributed by atoms with Crippen molar-refractivity contribution in [3.63, 3.8) is 0 Å². The molecule has 130 valence electrons. The molecule has 0 spiro atoms. The number of nitrogens with one attached hydrogen (secondary N) is 1. The van der Waals surface area contributed by atoms with Crippen molar-refractivity contribution < 1.29 is 8.95 Å². The van der Waals surface area contributed by atoms with E-state index in [0.29, 0.717) is 6.54 Å². The number of nitrogens with zero attached hydrogens (tertiary/aromatic N) is 1. The van der Waals surface area contributed by atoms with Gasteiger partial charge in [0, 0.05) is 24.5 Å². The summed E-state index contributed by atoms with van der Waals surface area (Å²) in [5, 5.41) is 0. The Bertz CT molecular complexity index is 582. The molecular formula is C18H30N2O2S. The van der Waals surface area contributed by atoms with Crippen LogP contribution >= 0.6 is 0 Å². The average Bonchev–Trinajstić information content (AvgIpc) is 2.52. The van der Waals surface area contributed by atoms with Crippen molar-refractivity contribution in [3.05, 3.63) is 29.8 Å². The van der Waals surface area contributed by atoms with Crippen LogP contribution in [0.3, 0.4) is 0 Å². The van der Waals surface area contributed by atoms with E-state index in [1.54, 1.807) is 0 Å². The van der Waals surface area contributed by atoms with E-state index in [9.17, 15) is 4.21 Å². The van der Waals surface area contributed by atoms with Gasteiger partial charge in [-0.3, -0.25) is 4.90 Å². The number of benzene rings is 1. The third kappa shape index (κ3) is 5.60. The van der Waals surface area contributed by atoms with Gasteiger partial charge in [-0.2, -0.15) is 0 Å². The molecule has 1 aliphatic rings. The number of hydrogen-bond donors (Lipinski definition) is 1. The SMILES string of the molecule is C=S(=O)(NCCCN1CCOCC1)c1ccc(C(C)(C)C)cc1. The average molecular weight is 339 g/mol. The van der Waals surface area contributed by atoms with Gasteiger partial charge in [0.25, 0.3) is 0 Å². The van der Waals surface area contributed by atoms with E-state index in [1.807, 2.05) is 12.1 Å². The molecule has 5 heteroatoms. The molecule has 0 radical (unpaired) electrons. The second kappa shape index (κ2) is 7.79. The first kappa shape index (κ1) is 18.5. The van der Waals surface area contributed by atoms with E-state index in [1.165, 1.54) is 5.56 Å². The normalized spacial score (nSPS) is 19.4. The standard InChI is InChI=1S/C18H30N2O2S/c1-18(2,3)16-6-8-17(9-7-16)23(4,21)19-10-5-11-20-12-14-22-15-13-20/h6-9H,4-5,10-15H2,1-3H3,(H,19,21). The van der Waals surface area contributed by atoms with Crippen LogP contribution in [0.15, 0.2) is 29.2 Å². The van der Waals surface area contributed by atoms with Crippen molar-refractivity contribution in [2.45, 2.75) is 37.5 Å². The molecule has 1 fully saturated rings. The summed E-state index contributed by atoms with van der Waals surface area (Å²) >= 11 is 0. The quantitative estimate of drug-likeness (QED) is 0.639. The summed E-state index contributed by atoms with van der Waals surface area (Å²) in [6, 6.07) is 7.97. The van der Waals surface area contributed by atoms with Gasteiger partial charge in [0.15, 0.2) is 0 Å². The Balaban J connectivity index is 1.83. The lowest BCUT2D eigenvalue weighted by Gasteiger charge is -2.26. The maximum absolute atomic E-state index is 12.7. The third-order valence-electron chi connectivity index (χ3n) is 4.19. The zero-order valence-corrected chi connectivity index (χ0v) is 15.5. The van der Waals surface area contributed by atoms with Crippen LogP contribution in [0.1, 0.15) is 32.8 Å². The maximum atomic E-state index is 12.7. The molecule has 1 saturated heterocycles. The fourth-order valence-corrected chi connectivity index (χ4v) is 3.84. The molecule has 1 atom stereocenters. The Morgan fingerprint density at radius 1 is 1.22 bits per heavy atom. The molecule has 23 heavy (non-hydrogen) atoms. The second-order valence-corrected chi connectivity index (χ2v) is 9.26. The lowest BCUT2D eigenvalue weighted by atomic mass is 9.87. The van der Waals surface area contributed by atoms with Crippen LogP contribution in [-0.4, -0.2) is 54.4 Å². The fraction of sp³-hybridized carbons (Fsp3) is 0.611. The highest BCUT2D eigenvalue weighted by atomic mass is 32.2. The van der Waals surface area contributed by atoms with Crippen LogP contribution in [0.25, 0.3) is 0 Å². The first-order valence-corrected chi connectivity index (χ1v) is 10.0. The molecule has 0 saturated carbocycles. The van der Waals surface area contributed by atoms with Gasteiger partial charge in [-0.15, -0.1) is 0 Å². The summed E-state index contributed by atoms with van der Waals surface area (Å²) in [5.41, 5.74) is 1.34. The lowest BCUT2D eigenvalue weighted by molar-refractivity contribution is 0.0376. The number of morpholine rings is 1. The highest BCUT2D eigenvalue weighted by molar-refractivity contribution is 7.98. The Kier molecular flexibility index (Phi) is 6.26. The Hall–Kier alpha value is -0.880. The smallest absolute Gasteiger partial charge is 0.0594 e. The van der Waals surface area contributed by atoms with E-state index >= 15 is 0 Å². The number of hydrogen-bond acceptors (Lipinski definition) is 3. The molecule has 2 rings (SSSR count). The highest BCUT2D eigenvalue weighted by Gasteiger charge is 2.15. The Labute approximate surface area is 141 Å². The molecule has 0 bridgehead atoms. The van der Waals surface area contributed by atoms with Gasteiger partial charge in [-0.1, -0.05) is 32.9 Å². The van der Waals surface area contributed by atoms with Crippen LogP contribution in [0.4, 0.5) is 0 Å². The van der Waals surface area contributed by atoms with Crippen molar-refractivity contribution in [1.29, 1.82) is 0 Å². The fourth-order valence-electron chi connectivity index (χ4n) is 2.62. The van der Waals surface area contributed by atoms with Crippen molar-refractivity contribution >= 4 is 15.6 Å². The number of ether oxygens (including phenoxy) is 1. The van der Waals surface area contributed by atoms with Gasteiger partial charge in [-0.25, -0.2) is 8.93 Å². The van der Waals surface area contributed by atoms with Gasteiger partial charge in [0.1, 0.15) is 0 Å². The summed E-state index contributed by atoms with van der Waals surface area (Å²) < 4.78 is 21.2. The van der Waals surface area contributed by atoms with Crippen molar-refractivity contribution in [2.75, 3.05) is 39.4 Å². The minimum atomic E-state index is -2.42. The van der Waals surface area contributed by atoms with Gasteiger partial charge in [0.2, 0.25) is 0 Å². The van der Waals surface area contributed by atoms with E-state index in [2.05, 4.69) is 48.4 Å². The predicted molar refractivity (Wildman–Crippen MR) is 98.6 cm³/mol. The molecule has 1 aromatic rings. The summed E-state index contributed by atoms with van der Waals surface area (Å²) in [6.45, 7) is 11.9. The largest absolute Gasteiger partial charge is 0.379 e. The molecule has 4 nitrogen and oxygen atoms in total. The summed E-state index contributed by atoms with van der Waals surface area (Å²) in [5.74, 6) is 3.90. The molecule has 1 heterocycles. The van der Waals surface area contributed by atoms with Crippen LogP contribution in [-0.2, 0) is 19.9 Å². The highest BCUT2D eigenvalue weighted by Crippen LogP contribution is 2.23. The molecule has 0 aromatic heterocycles. The monoisotopic (exact) mass is 338 g/mol. The summed E-state index contributed by atoms with van der Waals surface area (Å²) in [6.07, 6.45) is 0.965. The zero-order chi connectivity index (χ0) is 16.9. The maximum Gasteiger partial charge on any atom is 0.0594 e. The molecule has 0 amide bonds. The van der Waals surface area contributed by atoms with E-state index < -0.39 is 9.71 Å². The predicted octanol–water partition coefficient (Wildman–Crippen LogP) is 2.29. The van der Waals surface area contributed by atoms with Crippen LogP contribution < -0.4 is 4.72 Å². The van der Waals surface area contributed by atoms with Gasteiger partial charge < -0.3 is 4.74 Å². The van der Waals surface area contributed by atoms with Gasteiger partial charge in [-0.05, 0) is 41.9 Å². The molecular weight excluding hydrogens is 308 g/mol. The lowest BCUT2D eigenvalue weighted by Crippen LogP contribution is -2.38. The van der Waals surface area contributed by atoms with E-state index in [-0.39, 0.29) is 5.41 Å². The van der Waals surface area contributed by atoms with Crippen LogP contribution in [0.5, 0.6) is 0 Å². The summed E-state index contributed by atoms with van der Waals surface area (Å²) in [7, 11) is -2.42. The van der Waals surface area contributed by atoms with E-state index in [4.69, 9.17) is 4.74 Å². The summed E-state index contributed by atoms with van der Waals surface area (Å²) in [4.78, 5) is 3.16.